The van der Waals surface area contributed by atoms with Gasteiger partial charge in [0.1, 0.15) is 12.6 Å². The van der Waals surface area contributed by atoms with Gasteiger partial charge in [0, 0.05) is 5.56 Å². The van der Waals surface area contributed by atoms with E-state index in [4.69, 9.17) is 5.11 Å². The summed E-state index contributed by atoms with van der Waals surface area (Å²) in [5, 5.41) is 11.5. The van der Waals surface area contributed by atoms with Gasteiger partial charge in [0.05, 0.1) is 6.54 Å². The van der Waals surface area contributed by atoms with E-state index >= 15 is 0 Å². The Morgan fingerprint density at radius 1 is 1.33 bits per heavy atom. The Morgan fingerprint density at radius 3 is 2.81 bits per heavy atom. The molecule has 1 aliphatic heterocycles. The van der Waals surface area contributed by atoms with Crippen molar-refractivity contribution in [3.63, 3.8) is 0 Å². The van der Waals surface area contributed by atoms with Gasteiger partial charge in [-0.25, -0.2) is 4.79 Å². The first kappa shape index (κ1) is 15.1. The van der Waals surface area contributed by atoms with Crippen molar-refractivity contribution in [1.29, 1.82) is 0 Å². The second-order valence-electron chi connectivity index (χ2n) is 4.83. The maximum absolute atomic E-state index is 12.2. The molecule has 0 saturated carbocycles. The largest absolute Gasteiger partial charge is 0.384 e. The van der Waals surface area contributed by atoms with Gasteiger partial charge in [0.2, 0.25) is 0 Å². The van der Waals surface area contributed by atoms with Crippen LogP contribution >= 0.6 is 0 Å². The first-order chi connectivity index (χ1) is 10.2. The number of carbonyl (C=O) groups excluding carboxylic acids is 2. The summed E-state index contributed by atoms with van der Waals surface area (Å²) in [5.41, 5.74) is 1.50. The molecular formula is C16H18N2O3. The third kappa shape index (κ3) is 3.41. The molecule has 5 nitrogen and oxygen atoms in total. The predicted molar refractivity (Wildman–Crippen MR) is 78.2 cm³/mol. The van der Waals surface area contributed by atoms with Crippen LogP contribution in [0.1, 0.15) is 30.9 Å². The van der Waals surface area contributed by atoms with E-state index < -0.39 is 6.04 Å². The van der Waals surface area contributed by atoms with Crippen LogP contribution < -0.4 is 5.32 Å². The molecule has 2 rings (SSSR count). The van der Waals surface area contributed by atoms with E-state index in [2.05, 4.69) is 17.2 Å². The average Bonchev–Trinajstić information content (AvgIpc) is 2.74. The summed E-state index contributed by atoms with van der Waals surface area (Å²) in [4.78, 5) is 25.3. The summed E-state index contributed by atoms with van der Waals surface area (Å²) in [6.07, 6.45) is 1.48. The maximum atomic E-state index is 12.2. The molecule has 0 spiro atoms. The standard InChI is InChI=1S/C16H18N2O3/c1-2-6-14-15(20)18(16(21)17-14)11-13-8-4-3-7-12(13)9-5-10-19/h3-4,7-8,14,19H,2,6,10-11H2,1H3,(H,17,21). The Morgan fingerprint density at radius 2 is 2.10 bits per heavy atom. The summed E-state index contributed by atoms with van der Waals surface area (Å²) in [7, 11) is 0. The number of benzene rings is 1. The molecule has 0 bridgehead atoms. The van der Waals surface area contributed by atoms with Crippen molar-refractivity contribution < 1.29 is 14.7 Å². The Balaban J connectivity index is 2.19. The number of rotatable bonds is 4. The first-order valence-corrected chi connectivity index (χ1v) is 6.97. The van der Waals surface area contributed by atoms with Crippen molar-refractivity contribution in [2.45, 2.75) is 32.4 Å². The number of nitrogens with one attached hydrogen (secondary N) is 1. The zero-order chi connectivity index (χ0) is 15.2. The molecule has 3 amide bonds. The third-order valence-electron chi connectivity index (χ3n) is 3.33. The van der Waals surface area contributed by atoms with Gasteiger partial charge >= 0.3 is 6.03 Å². The van der Waals surface area contributed by atoms with E-state index in [9.17, 15) is 9.59 Å². The number of hydrogen-bond acceptors (Lipinski definition) is 3. The highest BCUT2D eigenvalue weighted by Gasteiger charge is 2.37. The summed E-state index contributed by atoms with van der Waals surface area (Å²) >= 11 is 0. The molecule has 1 unspecified atom stereocenters. The molecule has 1 saturated heterocycles. The fourth-order valence-corrected chi connectivity index (χ4v) is 2.30. The molecule has 2 N–H and O–H groups in total. The molecule has 5 heteroatoms. The molecule has 0 aliphatic carbocycles. The van der Waals surface area contributed by atoms with Gasteiger partial charge in [-0.15, -0.1) is 0 Å². The molecule has 1 aromatic rings. The van der Waals surface area contributed by atoms with Crippen LogP contribution in [0.3, 0.4) is 0 Å². The van der Waals surface area contributed by atoms with Crippen molar-refractivity contribution in [2.24, 2.45) is 0 Å². The molecule has 0 aromatic heterocycles. The zero-order valence-corrected chi connectivity index (χ0v) is 11.9. The molecule has 1 aromatic carbocycles. The van der Waals surface area contributed by atoms with Crippen LogP contribution in [0, 0.1) is 11.8 Å². The third-order valence-corrected chi connectivity index (χ3v) is 3.33. The topological polar surface area (TPSA) is 69.6 Å². The molecule has 0 radical (unpaired) electrons. The Hall–Kier alpha value is -2.32. The molecule has 1 atom stereocenters. The lowest BCUT2D eigenvalue weighted by Gasteiger charge is -2.14. The van der Waals surface area contributed by atoms with Crippen molar-refractivity contribution in [3.05, 3.63) is 35.4 Å². The normalized spacial score (nSPS) is 17.4. The first-order valence-electron chi connectivity index (χ1n) is 6.97. The lowest BCUT2D eigenvalue weighted by molar-refractivity contribution is -0.128. The number of nitrogens with zero attached hydrogens (tertiary/aromatic N) is 1. The smallest absolute Gasteiger partial charge is 0.325 e. The summed E-state index contributed by atoms with van der Waals surface area (Å²) in [6, 6.07) is 6.52. The van der Waals surface area contributed by atoms with Crippen LogP contribution in [0.2, 0.25) is 0 Å². The van der Waals surface area contributed by atoms with E-state index in [1.807, 2.05) is 25.1 Å². The highest BCUT2D eigenvalue weighted by atomic mass is 16.2. The summed E-state index contributed by atoms with van der Waals surface area (Å²) in [5.74, 6) is 5.23. The van der Waals surface area contributed by atoms with Crippen LogP contribution in [0.25, 0.3) is 0 Å². The van der Waals surface area contributed by atoms with Crippen LogP contribution in [0.5, 0.6) is 0 Å². The highest BCUT2D eigenvalue weighted by Crippen LogP contribution is 2.17. The van der Waals surface area contributed by atoms with Gasteiger partial charge in [-0.1, -0.05) is 43.4 Å². The quantitative estimate of drug-likeness (QED) is 0.646. The van der Waals surface area contributed by atoms with Crippen LogP contribution in [0.15, 0.2) is 24.3 Å². The molecule has 1 aliphatic rings. The number of aliphatic hydroxyl groups excluding tert-OH is 1. The second kappa shape index (κ2) is 6.91. The molecule has 1 fully saturated rings. The highest BCUT2D eigenvalue weighted by molar-refractivity contribution is 6.04. The fraction of sp³-hybridized carbons (Fsp3) is 0.375. The minimum atomic E-state index is -0.418. The zero-order valence-electron chi connectivity index (χ0n) is 11.9. The molecule has 1 heterocycles. The Labute approximate surface area is 124 Å². The van der Waals surface area contributed by atoms with E-state index in [0.29, 0.717) is 12.0 Å². The van der Waals surface area contributed by atoms with Crippen molar-refractivity contribution in [2.75, 3.05) is 6.61 Å². The number of hydrogen-bond donors (Lipinski definition) is 2. The minimum absolute atomic E-state index is 0.188. The van der Waals surface area contributed by atoms with Crippen LogP contribution in [-0.4, -0.2) is 34.6 Å². The lowest BCUT2D eigenvalue weighted by atomic mass is 10.1. The van der Waals surface area contributed by atoms with Gasteiger partial charge < -0.3 is 10.4 Å². The van der Waals surface area contributed by atoms with Crippen molar-refractivity contribution in [3.8, 4) is 11.8 Å². The summed E-state index contributed by atoms with van der Waals surface area (Å²) in [6.45, 7) is 1.94. The van der Waals surface area contributed by atoms with Gasteiger partial charge in [0.15, 0.2) is 0 Å². The number of aliphatic hydroxyl groups is 1. The molecular weight excluding hydrogens is 268 g/mol. The Bertz CT molecular complexity index is 601. The van der Waals surface area contributed by atoms with Crippen molar-refractivity contribution >= 4 is 11.9 Å². The monoisotopic (exact) mass is 286 g/mol. The van der Waals surface area contributed by atoms with E-state index in [0.717, 1.165) is 12.0 Å². The fourth-order valence-electron chi connectivity index (χ4n) is 2.30. The second-order valence-corrected chi connectivity index (χ2v) is 4.83. The van der Waals surface area contributed by atoms with Crippen molar-refractivity contribution in [1.82, 2.24) is 10.2 Å². The minimum Gasteiger partial charge on any atom is -0.384 e. The SMILES string of the molecule is CCCC1NC(=O)N(Cc2ccccc2C#CCO)C1=O. The van der Waals surface area contributed by atoms with E-state index in [-0.39, 0.29) is 25.1 Å². The van der Waals surface area contributed by atoms with Gasteiger partial charge in [-0.05, 0) is 18.1 Å². The predicted octanol–water partition coefficient (Wildman–Crippen LogP) is 1.25. The molecule has 21 heavy (non-hydrogen) atoms. The Kier molecular flexibility index (Phi) is 4.96. The molecule has 110 valence electrons. The number of urea groups is 1. The maximum Gasteiger partial charge on any atom is 0.325 e. The number of carbonyl (C=O) groups is 2. The number of amides is 3. The average molecular weight is 286 g/mol. The van der Waals surface area contributed by atoms with Crippen LogP contribution in [0.4, 0.5) is 4.79 Å². The van der Waals surface area contributed by atoms with Gasteiger partial charge in [-0.3, -0.25) is 9.69 Å². The van der Waals surface area contributed by atoms with Crippen LogP contribution in [-0.2, 0) is 11.3 Å². The summed E-state index contributed by atoms with van der Waals surface area (Å²) < 4.78 is 0. The lowest BCUT2D eigenvalue weighted by Crippen LogP contribution is -2.31. The van der Waals surface area contributed by atoms with Gasteiger partial charge in [-0.2, -0.15) is 0 Å². The van der Waals surface area contributed by atoms with E-state index in [1.165, 1.54) is 4.90 Å². The van der Waals surface area contributed by atoms with E-state index in [1.54, 1.807) is 6.07 Å². The number of imide groups is 1. The van der Waals surface area contributed by atoms with Gasteiger partial charge in [0.25, 0.3) is 5.91 Å².